The number of urea groups is 1. The molecule has 1 heterocycles. The molecule has 1 fully saturated rings. The summed E-state index contributed by atoms with van der Waals surface area (Å²) in [5.74, 6) is -0.713. The smallest absolute Gasteiger partial charge is 0.321 e. The minimum atomic E-state index is -0.852. The molecule has 2 N–H and O–H groups in total. The van der Waals surface area contributed by atoms with Gasteiger partial charge in [0.1, 0.15) is 5.75 Å². The lowest BCUT2D eigenvalue weighted by Gasteiger charge is -2.18. The number of benzene rings is 1. The van der Waals surface area contributed by atoms with Crippen molar-refractivity contribution in [2.24, 2.45) is 5.92 Å². The van der Waals surface area contributed by atoms with E-state index in [0.717, 1.165) is 0 Å². The molecular formula is C14H18N2O4. The zero-order valence-electron chi connectivity index (χ0n) is 11.3. The first-order valence-electron chi connectivity index (χ1n) is 6.62. The van der Waals surface area contributed by atoms with E-state index >= 15 is 0 Å². The number of amides is 2. The standard InChI is InChI=1S/C14H18N2O4/c1-2-20-12-6-4-3-5-11(12)15-14(19)16-8-7-10(9-16)13(17)18/h3-6,10H,2,7-9H2,1H3,(H,15,19)(H,17,18). The zero-order chi connectivity index (χ0) is 14.5. The highest BCUT2D eigenvalue weighted by atomic mass is 16.5. The van der Waals surface area contributed by atoms with Gasteiger partial charge in [0.2, 0.25) is 0 Å². The average Bonchev–Trinajstić information content (AvgIpc) is 2.91. The Morgan fingerprint density at radius 2 is 2.20 bits per heavy atom. The first kappa shape index (κ1) is 14.2. The molecule has 20 heavy (non-hydrogen) atoms. The van der Waals surface area contributed by atoms with Crippen molar-refractivity contribution < 1.29 is 19.4 Å². The fourth-order valence-corrected chi connectivity index (χ4v) is 2.19. The van der Waals surface area contributed by atoms with Gasteiger partial charge in [0, 0.05) is 13.1 Å². The molecule has 1 aromatic rings. The normalized spacial score (nSPS) is 17.9. The Morgan fingerprint density at radius 3 is 2.85 bits per heavy atom. The summed E-state index contributed by atoms with van der Waals surface area (Å²) < 4.78 is 5.43. The fraction of sp³-hybridized carbons (Fsp3) is 0.429. The molecule has 0 radical (unpaired) electrons. The van der Waals surface area contributed by atoms with Crippen LogP contribution in [-0.2, 0) is 4.79 Å². The Hall–Kier alpha value is -2.24. The number of carbonyl (C=O) groups is 2. The van der Waals surface area contributed by atoms with Gasteiger partial charge in [-0.3, -0.25) is 4.79 Å². The maximum absolute atomic E-state index is 12.1. The number of likely N-dealkylation sites (tertiary alicyclic amines) is 1. The van der Waals surface area contributed by atoms with Crippen LogP contribution >= 0.6 is 0 Å². The quantitative estimate of drug-likeness (QED) is 0.883. The van der Waals surface area contributed by atoms with E-state index in [9.17, 15) is 9.59 Å². The first-order chi connectivity index (χ1) is 9.61. The third kappa shape index (κ3) is 3.20. The van der Waals surface area contributed by atoms with Crippen molar-refractivity contribution >= 4 is 17.7 Å². The topological polar surface area (TPSA) is 78.9 Å². The van der Waals surface area contributed by atoms with Gasteiger partial charge in [0.15, 0.2) is 0 Å². The van der Waals surface area contributed by atoms with E-state index in [1.54, 1.807) is 12.1 Å². The fourth-order valence-electron chi connectivity index (χ4n) is 2.19. The number of anilines is 1. The Balaban J connectivity index is 2.00. The van der Waals surface area contributed by atoms with Crippen LogP contribution in [0, 0.1) is 5.92 Å². The van der Waals surface area contributed by atoms with Gasteiger partial charge >= 0.3 is 12.0 Å². The second kappa shape index (κ2) is 6.27. The Kier molecular flexibility index (Phi) is 4.45. The van der Waals surface area contributed by atoms with Crippen LogP contribution in [0.25, 0.3) is 0 Å². The molecule has 0 spiro atoms. The maximum Gasteiger partial charge on any atom is 0.321 e. The van der Waals surface area contributed by atoms with Crippen LogP contribution < -0.4 is 10.1 Å². The molecule has 6 heteroatoms. The van der Waals surface area contributed by atoms with E-state index in [1.807, 2.05) is 19.1 Å². The predicted molar refractivity (Wildman–Crippen MR) is 73.9 cm³/mol. The molecule has 6 nitrogen and oxygen atoms in total. The lowest BCUT2D eigenvalue weighted by molar-refractivity contribution is -0.141. The molecule has 1 aromatic carbocycles. The van der Waals surface area contributed by atoms with Crippen molar-refractivity contribution in [2.75, 3.05) is 25.0 Å². The summed E-state index contributed by atoms with van der Waals surface area (Å²) in [7, 11) is 0. The molecule has 1 unspecified atom stereocenters. The second-order valence-corrected chi connectivity index (χ2v) is 4.63. The van der Waals surface area contributed by atoms with Crippen molar-refractivity contribution in [1.82, 2.24) is 4.90 Å². The molecule has 0 bridgehead atoms. The number of nitrogens with one attached hydrogen (secondary N) is 1. The van der Waals surface area contributed by atoms with Gasteiger partial charge in [0.25, 0.3) is 0 Å². The molecule has 1 saturated heterocycles. The summed E-state index contributed by atoms with van der Waals surface area (Å²) in [5.41, 5.74) is 0.595. The SMILES string of the molecule is CCOc1ccccc1NC(=O)N1CCC(C(=O)O)C1. The van der Waals surface area contributed by atoms with Crippen LogP contribution in [0.4, 0.5) is 10.5 Å². The molecule has 1 aliphatic heterocycles. The number of carbonyl (C=O) groups excluding carboxylic acids is 1. The van der Waals surface area contributed by atoms with Crippen LogP contribution in [0.1, 0.15) is 13.3 Å². The van der Waals surface area contributed by atoms with Crippen LogP contribution in [0.15, 0.2) is 24.3 Å². The zero-order valence-corrected chi connectivity index (χ0v) is 11.3. The third-order valence-electron chi connectivity index (χ3n) is 3.25. The highest BCUT2D eigenvalue weighted by Gasteiger charge is 2.31. The van der Waals surface area contributed by atoms with Crippen LogP contribution in [0.5, 0.6) is 5.75 Å². The molecule has 108 valence electrons. The molecule has 1 aliphatic rings. The Labute approximate surface area is 117 Å². The van der Waals surface area contributed by atoms with Gasteiger partial charge in [-0.1, -0.05) is 12.1 Å². The third-order valence-corrected chi connectivity index (χ3v) is 3.25. The van der Waals surface area contributed by atoms with Gasteiger partial charge in [-0.05, 0) is 25.5 Å². The highest BCUT2D eigenvalue weighted by Crippen LogP contribution is 2.25. The number of aliphatic carboxylic acids is 1. The molecule has 0 aromatic heterocycles. The molecule has 2 amide bonds. The van der Waals surface area contributed by atoms with Gasteiger partial charge in [0.05, 0.1) is 18.2 Å². The second-order valence-electron chi connectivity index (χ2n) is 4.63. The van der Waals surface area contributed by atoms with Crippen molar-refractivity contribution in [3.63, 3.8) is 0 Å². The van der Waals surface area contributed by atoms with E-state index in [4.69, 9.17) is 9.84 Å². The summed E-state index contributed by atoms with van der Waals surface area (Å²) in [5, 5.41) is 11.7. The van der Waals surface area contributed by atoms with Crippen molar-refractivity contribution in [3.8, 4) is 5.75 Å². The highest BCUT2D eigenvalue weighted by molar-refractivity contribution is 5.91. The summed E-state index contributed by atoms with van der Waals surface area (Å²) >= 11 is 0. The van der Waals surface area contributed by atoms with Crippen molar-refractivity contribution in [2.45, 2.75) is 13.3 Å². The lowest BCUT2D eigenvalue weighted by atomic mass is 10.1. The molecule has 0 saturated carbocycles. The molecule has 2 rings (SSSR count). The summed E-state index contributed by atoms with van der Waals surface area (Å²) in [6.07, 6.45) is 0.496. The largest absolute Gasteiger partial charge is 0.492 e. The number of ether oxygens (including phenoxy) is 1. The van der Waals surface area contributed by atoms with Gasteiger partial charge in [-0.25, -0.2) is 4.79 Å². The lowest BCUT2D eigenvalue weighted by Crippen LogP contribution is -2.33. The Morgan fingerprint density at radius 1 is 1.45 bits per heavy atom. The van der Waals surface area contributed by atoms with Gasteiger partial charge in [-0.2, -0.15) is 0 Å². The van der Waals surface area contributed by atoms with Crippen molar-refractivity contribution in [3.05, 3.63) is 24.3 Å². The minimum Gasteiger partial charge on any atom is -0.492 e. The monoisotopic (exact) mass is 278 g/mol. The van der Waals surface area contributed by atoms with Crippen molar-refractivity contribution in [1.29, 1.82) is 0 Å². The summed E-state index contributed by atoms with van der Waals surface area (Å²) in [6.45, 7) is 3.09. The van der Waals surface area contributed by atoms with Gasteiger partial charge < -0.3 is 20.1 Å². The van der Waals surface area contributed by atoms with E-state index in [2.05, 4.69) is 5.32 Å². The van der Waals surface area contributed by atoms with Crippen LogP contribution in [-0.4, -0.2) is 41.7 Å². The number of rotatable bonds is 4. The number of para-hydroxylation sites is 2. The maximum atomic E-state index is 12.1. The van der Waals surface area contributed by atoms with E-state index in [1.165, 1.54) is 4.90 Å². The Bertz CT molecular complexity index is 504. The molecule has 1 atom stereocenters. The summed E-state index contributed by atoms with van der Waals surface area (Å²) in [4.78, 5) is 24.5. The number of carboxylic acid groups (broad SMARTS) is 1. The average molecular weight is 278 g/mol. The first-order valence-corrected chi connectivity index (χ1v) is 6.62. The van der Waals surface area contributed by atoms with E-state index < -0.39 is 11.9 Å². The minimum absolute atomic E-state index is 0.248. The predicted octanol–water partition coefficient (Wildman–Crippen LogP) is 2.02. The van der Waals surface area contributed by atoms with Crippen LogP contribution in [0.2, 0.25) is 0 Å². The molecular weight excluding hydrogens is 260 g/mol. The van der Waals surface area contributed by atoms with Crippen LogP contribution in [0.3, 0.4) is 0 Å². The number of carboxylic acids is 1. The summed E-state index contributed by atoms with van der Waals surface area (Å²) in [6, 6.07) is 6.89. The van der Waals surface area contributed by atoms with E-state index in [0.29, 0.717) is 31.0 Å². The molecule has 0 aliphatic carbocycles. The number of hydrogen-bond donors (Lipinski definition) is 2. The van der Waals surface area contributed by atoms with E-state index in [-0.39, 0.29) is 12.6 Å². The van der Waals surface area contributed by atoms with Gasteiger partial charge in [-0.15, -0.1) is 0 Å². The number of nitrogens with zero attached hydrogens (tertiary/aromatic N) is 1. The number of hydrogen-bond acceptors (Lipinski definition) is 3.